The van der Waals surface area contributed by atoms with E-state index in [9.17, 15) is 9.59 Å². The van der Waals surface area contributed by atoms with Crippen LogP contribution in [0.1, 0.15) is 34.1 Å². The summed E-state index contributed by atoms with van der Waals surface area (Å²) in [5.41, 5.74) is 0.585. The number of thioether (sulfide) groups is 1. The normalized spacial score (nSPS) is 12.7. The summed E-state index contributed by atoms with van der Waals surface area (Å²) >= 11 is 1.37. The van der Waals surface area contributed by atoms with E-state index in [2.05, 4.69) is 0 Å². The fourth-order valence-electron chi connectivity index (χ4n) is 2.82. The van der Waals surface area contributed by atoms with Gasteiger partial charge in [-0.1, -0.05) is 37.7 Å². The van der Waals surface area contributed by atoms with Gasteiger partial charge in [0.1, 0.15) is 0 Å². The van der Waals surface area contributed by atoms with Crippen molar-refractivity contribution in [2.75, 3.05) is 20.7 Å². The van der Waals surface area contributed by atoms with E-state index < -0.39 is 0 Å². The zero-order valence-corrected chi connectivity index (χ0v) is 18.5. The van der Waals surface area contributed by atoms with E-state index in [0.29, 0.717) is 35.6 Å². The van der Waals surface area contributed by atoms with Gasteiger partial charge in [-0.15, -0.1) is 0 Å². The molecule has 6 nitrogen and oxygen atoms in total. The average molecular weight is 406 g/mol. The fraction of sp³-hybridized carbons (Fsp3) is 0.571. The molecule has 1 amide bonds. The lowest BCUT2D eigenvalue weighted by molar-refractivity contribution is -0.128. The van der Waals surface area contributed by atoms with Crippen molar-refractivity contribution < 1.29 is 9.53 Å². The van der Waals surface area contributed by atoms with Crippen molar-refractivity contribution in [3.63, 3.8) is 0 Å². The molecule has 28 heavy (non-hydrogen) atoms. The van der Waals surface area contributed by atoms with Crippen LogP contribution in [0, 0.1) is 5.92 Å². The Morgan fingerprint density at radius 3 is 2.50 bits per heavy atom. The molecule has 0 saturated carbocycles. The molecule has 1 aromatic carbocycles. The highest BCUT2D eigenvalue weighted by Gasteiger charge is 2.27. The molecule has 0 aliphatic heterocycles. The first kappa shape index (κ1) is 22.4. The number of aromatic nitrogens is 2. The van der Waals surface area contributed by atoms with Crippen molar-refractivity contribution >= 4 is 28.6 Å². The first-order chi connectivity index (χ1) is 13.2. The maximum absolute atomic E-state index is 13.1. The van der Waals surface area contributed by atoms with Gasteiger partial charge in [0, 0.05) is 27.2 Å². The maximum Gasteiger partial charge on any atom is 0.262 e. The summed E-state index contributed by atoms with van der Waals surface area (Å²) in [6, 6.07) is 7.35. The van der Waals surface area contributed by atoms with E-state index in [1.807, 2.05) is 45.9 Å². The van der Waals surface area contributed by atoms with Crippen molar-refractivity contribution in [2.45, 2.75) is 57.2 Å². The molecule has 1 heterocycles. The van der Waals surface area contributed by atoms with Gasteiger partial charge in [-0.25, -0.2) is 4.98 Å². The number of ether oxygens (including phenoxy) is 1. The summed E-state index contributed by atoms with van der Waals surface area (Å²) in [5, 5.41) is 0.875. The highest BCUT2D eigenvalue weighted by atomic mass is 32.2. The Morgan fingerprint density at radius 2 is 1.89 bits per heavy atom. The van der Waals surface area contributed by atoms with Crippen LogP contribution in [-0.4, -0.2) is 52.4 Å². The van der Waals surface area contributed by atoms with E-state index in [4.69, 9.17) is 9.72 Å². The van der Waals surface area contributed by atoms with Gasteiger partial charge in [0.15, 0.2) is 5.16 Å². The van der Waals surface area contributed by atoms with Crippen LogP contribution in [0.25, 0.3) is 10.9 Å². The number of carbonyl (C=O) groups is 1. The van der Waals surface area contributed by atoms with Crippen molar-refractivity contribution in [3.05, 3.63) is 34.6 Å². The van der Waals surface area contributed by atoms with Crippen LogP contribution in [-0.2, 0) is 16.1 Å². The molecular weight excluding hydrogens is 374 g/mol. The zero-order valence-electron chi connectivity index (χ0n) is 17.6. The first-order valence-electron chi connectivity index (χ1n) is 9.71. The van der Waals surface area contributed by atoms with Crippen LogP contribution in [0.2, 0.25) is 0 Å². The van der Waals surface area contributed by atoms with Crippen molar-refractivity contribution in [2.24, 2.45) is 5.92 Å². The molecule has 1 aromatic heterocycles. The lowest BCUT2D eigenvalue weighted by Crippen LogP contribution is -2.36. The smallest absolute Gasteiger partial charge is 0.262 e. The van der Waals surface area contributed by atoms with E-state index in [1.54, 1.807) is 29.6 Å². The average Bonchev–Trinajstić information content (AvgIpc) is 2.63. The number of nitrogens with zero attached hydrogens (tertiary/aromatic N) is 3. The molecule has 0 radical (unpaired) electrons. The second-order valence-electron chi connectivity index (χ2n) is 7.66. The quantitative estimate of drug-likeness (QED) is 0.363. The molecule has 2 rings (SSSR count). The van der Waals surface area contributed by atoms with E-state index in [-0.39, 0.29) is 28.7 Å². The zero-order chi connectivity index (χ0) is 20.8. The third-order valence-corrected chi connectivity index (χ3v) is 5.85. The van der Waals surface area contributed by atoms with E-state index >= 15 is 0 Å². The summed E-state index contributed by atoms with van der Waals surface area (Å²) in [4.78, 5) is 32.1. The molecule has 0 saturated heterocycles. The molecule has 7 heteroatoms. The first-order valence-corrected chi connectivity index (χ1v) is 10.6. The molecule has 2 aromatic rings. The Morgan fingerprint density at radius 1 is 1.21 bits per heavy atom. The standard InChI is InChI=1S/C21H31N3O3S/c1-14(2)18(20(26)23(5)6)28-21-22-17-11-8-7-10-16(17)19(25)24(21)12-9-13-27-15(3)4/h7-8,10-11,14-15,18H,9,12-13H2,1-6H3. The van der Waals surface area contributed by atoms with Gasteiger partial charge in [-0.05, 0) is 38.3 Å². The Bertz CT molecular complexity index is 862. The van der Waals surface area contributed by atoms with Crippen molar-refractivity contribution in [1.82, 2.24) is 14.5 Å². The van der Waals surface area contributed by atoms with Crippen LogP contribution in [0.3, 0.4) is 0 Å². The summed E-state index contributed by atoms with van der Waals surface area (Å²) in [5.74, 6) is 0.137. The third kappa shape index (κ3) is 5.58. The largest absolute Gasteiger partial charge is 0.379 e. The van der Waals surface area contributed by atoms with Crippen LogP contribution in [0.4, 0.5) is 0 Å². The van der Waals surface area contributed by atoms with Gasteiger partial charge in [0.2, 0.25) is 5.91 Å². The molecule has 0 N–H and O–H groups in total. The second-order valence-corrected chi connectivity index (χ2v) is 8.77. The fourth-order valence-corrected chi connectivity index (χ4v) is 4.08. The highest BCUT2D eigenvalue weighted by molar-refractivity contribution is 8.00. The van der Waals surface area contributed by atoms with Crippen LogP contribution >= 0.6 is 11.8 Å². The molecule has 0 aliphatic rings. The van der Waals surface area contributed by atoms with E-state index in [1.165, 1.54) is 11.8 Å². The summed E-state index contributed by atoms with van der Waals surface area (Å²) in [6.45, 7) is 9.09. The van der Waals surface area contributed by atoms with Gasteiger partial charge in [0.25, 0.3) is 5.56 Å². The number of benzene rings is 1. The number of hydrogen-bond acceptors (Lipinski definition) is 5. The highest BCUT2D eigenvalue weighted by Crippen LogP contribution is 2.28. The topological polar surface area (TPSA) is 64.4 Å². The van der Waals surface area contributed by atoms with Gasteiger partial charge in [0.05, 0.1) is 22.3 Å². The minimum atomic E-state index is -0.304. The third-order valence-electron chi connectivity index (χ3n) is 4.33. The summed E-state index contributed by atoms with van der Waals surface area (Å²) in [7, 11) is 3.50. The minimum Gasteiger partial charge on any atom is -0.379 e. The number of amides is 1. The number of rotatable bonds is 9. The summed E-state index contributed by atoms with van der Waals surface area (Å²) < 4.78 is 7.31. The predicted octanol–water partition coefficient (Wildman–Crippen LogP) is 3.42. The minimum absolute atomic E-state index is 0.0251. The SMILES string of the molecule is CC(C)OCCCn1c(SC(C(=O)N(C)C)C(C)C)nc2ccccc2c1=O. The van der Waals surface area contributed by atoms with E-state index in [0.717, 1.165) is 0 Å². The molecular formula is C21H31N3O3S. The Labute approximate surface area is 171 Å². The van der Waals surface area contributed by atoms with Gasteiger partial charge in [-0.3, -0.25) is 14.2 Å². The van der Waals surface area contributed by atoms with Crippen LogP contribution in [0.5, 0.6) is 0 Å². The maximum atomic E-state index is 13.1. The second kappa shape index (κ2) is 10.1. The van der Waals surface area contributed by atoms with Gasteiger partial charge < -0.3 is 9.64 Å². The predicted molar refractivity (Wildman–Crippen MR) is 115 cm³/mol. The lowest BCUT2D eigenvalue weighted by atomic mass is 10.1. The van der Waals surface area contributed by atoms with Gasteiger partial charge >= 0.3 is 0 Å². The monoisotopic (exact) mass is 405 g/mol. The Kier molecular flexibility index (Phi) is 8.07. The van der Waals surface area contributed by atoms with Crippen molar-refractivity contribution in [3.8, 4) is 0 Å². The molecule has 0 bridgehead atoms. The van der Waals surface area contributed by atoms with Crippen LogP contribution in [0.15, 0.2) is 34.2 Å². The number of para-hydroxylation sites is 1. The van der Waals surface area contributed by atoms with Gasteiger partial charge in [-0.2, -0.15) is 0 Å². The van der Waals surface area contributed by atoms with Crippen LogP contribution < -0.4 is 5.56 Å². The molecule has 0 spiro atoms. The Balaban J connectivity index is 2.42. The van der Waals surface area contributed by atoms with Crippen molar-refractivity contribution in [1.29, 1.82) is 0 Å². The number of fused-ring (bicyclic) bond motifs is 1. The molecule has 154 valence electrons. The molecule has 0 aliphatic carbocycles. The molecule has 0 fully saturated rings. The molecule has 1 atom stereocenters. The summed E-state index contributed by atoms with van der Waals surface area (Å²) in [6.07, 6.45) is 0.864. The number of carbonyl (C=O) groups excluding carboxylic acids is 1. The molecule has 1 unspecified atom stereocenters. The Hall–Kier alpha value is -1.86. The lowest BCUT2D eigenvalue weighted by Gasteiger charge is -2.24. The number of hydrogen-bond donors (Lipinski definition) is 0.